The van der Waals surface area contributed by atoms with Gasteiger partial charge in [-0.2, -0.15) is 0 Å². The van der Waals surface area contributed by atoms with Crippen LogP contribution < -0.4 is 0 Å². The SMILES string of the molecule is CCc1ccc(CC(=O)c2ncccc2CC)nc1. The Balaban J connectivity index is 2.16. The number of hydrogen-bond acceptors (Lipinski definition) is 3. The Labute approximate surface area is 113 Å². The number of nitrogens with zero attached hydrogens (tertiary/aromatic N) is 2. The molecule has 0 spiro atoms. The molecule has 0 atom stereocenters. The van der Waals surface area contributed by atoms with E-state index in [1.54, 1.807) is 6.20 Å². The lowest BCUT2D eigenvalue weighted by molar-refractivity contribution is 0.0986. The zero-order valence-corrected chi connectivity index (χ0v) is 11.4. The van der Waals surface area contributed by atoms with Crippen molar-refractivity contribution in [1.29, 1.82) is 0 Å². The molecule has 0 saturated carbocycles. The Morgan fingerprint density at radius 2 is 1.95 bits per heavy atom. The van der Waals surface area contributed by atoms with E-state index in [2.05, 4.69) is 16.9 Å². The molecule has 0 bridgehead atoms. The molecule has 3 heteroatoms. The van der Waals surface area contributed by atoms with Crippen molar-refractivity contribution in [2.24, 2.45) is 0 Å². The summed E-state index contributed by atoms with van der Waals surface area (Å²) < 4.78 is 0. The van der Waals surface area contributed by atoms with Crippen LogP contribution in [-0.2, 0) is 19.3 Å². The first-order valence-corrected chi connectivity index (χ1v) is 6.65. The zero-order valence-electron chi connectivity index (χ0n) is 11.4. The van der Waals surface area contributed by atoms with Crippen LogP contribution in [0.4, 0.5) is 0 Å². The molecule has 3 nitrogen and oxygen atoms in total. The van der Waals surface area contributed by atoms with Gasteiger partial charge in [-0.25, -0.2) is 0 Å². The van der Waals surface area contributed by atoms with E-state index < -0.39 is 0 Å². The van der Waals surface area contributed by atoms with Gasteiger partial charge in [0, 0.05) is 18.1 Å². The van der Waals surface area contributed by atoms with Crippen molar-refractivity contribution in [3.8, 4) is 0 Å². The predicted octanol–water partition coefficient (Wildman–Crippen LogP) is 3.03. The number of Topliss-reactive ketones (excluding diaryl/α,β-unsaturated/α-hetero) is 1. The Kier molecular flexibility index (Phi) is 4.39. The molecule has 0 aliphatic rings. The molecule has 98 valence electrons. The average Bonchev–Trinajstić information content (AvgIpc) is 2.48. The van der Waals surface area contributed by atoms with Crippen LogP contribution in [-0.4, -0.2) is 15.8 Å². The van der Waals surface area contributed by atoms with Gasteiger partial charge in [-0.05, 0) is 36.1 Å². The highest BCUT2D eigenvalue weighted by atomic mass is 16.1. The highest BCUT2D eigenvalue weighted by Crippen LogP contribution is 2.10. The topological polar surface area (TPSA) is 42.9 Å². The largest absolute Gasteiger partial charge is 0.292 e. The van der Waals surface area contributed by atoms with E-state index in [1.165, 1.54) is 5.56 Å². The standard InChI is InChI=1S/C16H18N2O/c1-3-12-7-8-14(18-11-12)10-15(19)16-13(4-2)6-5-9-17-16/h5-9,11H,3-4,10H2,1-2H3. The van der Waals surface area contributed by atoms with Crippen LogP contribution in [0.1, 0.15) is 41.2 Å². The van der Waals surface area contributed by atoms with Crippen LogP contribution in [0.5, 0.6) is 0 Å². The summed E-state index contributed by atoms with van der Waals surface area (Å²) in [6, 6.07) is 7.76. The molecule has 0 radical (unpaired) electrons. The van der Waals surface area contributed by atoms with Crippen molar-refractivity contribution >= 4 is 5.78 Å². The van der Waals surface area contributed by atoms with Gasteiger partial charge in [0.05, 0.1) is 6.42 Å². The second-order valence-electron chi connectivity index (χ2n) is 4.48. The second-order valence-corrected chi connectivity index (χ2v) is 4.48. The molecule has 2 heterocycles. The summed E-state index contributed by atoms with van der Waals surface area (Å²) in [6.07, 6.45) is 5.59. The maximum atomic E-state index is 12.2. The molecule has 2 aromatic heterocycles. The quantitative estimate of drug-likeness (QED) is 0.770. The van der Waals surface area contributed by atoms with E-state index in [4.69, 9.17) is 0 Å². The number of carbonyl (C=O) groups is 1. The maximum Gasteiger partial charge on any atom is 0.187 e. The van der Waals surface area contributed by atoms with Gasteiger partial charge < -0.3 is 0 Å². The van der Waals surface area contributed by atoms with Gasteiger partial charge >= 0.3 is 0 Å². The molecule has 2 aromatic rings. The normalized spacial score (nSPS) is 10.4. The minimum Gasteiger partial charge on any atom is -0.292 e. The van der Waals surface area contributed by atoms with Crippen molar-refractivity contribution in [2.75, 3.05) is 0 Å². The van der Waals surface area contributed by atoms with Gasteiger partial charge in [0.2, 0.25) is 0 Å². The Morgan fingerprint density at radius 3 is 2.58 bits per heavy atom. The first kappa shape index (κ1) is 13.4. The summed E-state index contributed by atoms with van der Waals surface area (Å²) in [7, 11) is 0. The summed E-state index contributed by atoms with van der Waals surface area (Å²) in [5.74, 6) is 0.0363. The van der Waals surface area contributed by atoms with Gasteiger partial charge in [-0.15, -0.1) is 0 Å². The molecule has 0 amide bonds. The molecule has 0 saturated heterocycles. The minimum absolute atomic E-state index is 0.0363. The number of pyridine rings is 2. The van der Waals surface area contributed by atoms with E-state index in [1.807, 2.05) is 37.4 Å². The molecule has 0 unspecified atom stereocenters. The van der Waals surface area contributed by atoms with Crippen LogP contribution in [0, 0.1) is 0 Å². The molecule has 0 aromatic carbocycles. The third-order valence-corrected chi connectivity index (χ3v) is 3.17. The number of ketones is 1. The third-order valence-electron chi connectivity index (χ3n) is 3.17. The van der Waals surface area contributed by atoms with E-state index in [-0.39, 0.29) is 5.78 Å². The van der Waals surface area contributed by atoms with Crippen LogP contribution in [0.25, 0.3) is 0 Å². The van der Waals surface area contributed by atoms with Crippen molar-refractivity contribution in [1.82, 2.24) is 9.97 Å². The van der Waals surface area contributed by atoms with Crippen LogP contribution in [0.2, 0.25) is 0 Å². The fourth-order valence-electron chi connectivity index (χ4n) is 1.99. The highest BCUT2D eigenvalue weighted by molar-refractivity contribution is 5.96. The minimum atomic E-state index is 0.0363. The maximum absolute atomic E-state index is 12.2. The Hall–Kier alpha value is -2.03. The van der Waals surface area contributed by atoms with E-state index in [9.17, 15) is 4.79 Å². The van der Waals surface area contributed by atoms with Crippen molar-refractivity contribution in [2.45, 2.75) is 33.1 Å². The van der Waals surface area contributed by atoms with E-state index in [0.717, 1.165) is 24.1 Å². The van der Waals surface area contributed by atoms with E-state index in [0.29, 0.717) is 12.1 Å². The zero-order chi connectivity index (χ0) is 13.7. The number of rotatable bonds is 5. The summed E-state index contributed by atoms with van der Waals surface area (Å²) in [4.78, 5) is 20.8. The summed E-state index contributed by atoms with van der Waals surface area (Å²) in [6.45, 7) is 4.12. The molecule has 0 N–H and O–H groups in total. The molecule has 0 fully saturated rings. The van der Waals surface area contributed by atoms with Crippen molar-refractivity contribution < 1.29 is 4.79 Å². The number of aromatic nitrogens is 2. The Morgan fingerprint density at radius 1 is 1.11 bits per heavy atom. The number of aryl methyl sites for hydroxylation is 2. The number of carbonyl (C=O) groups excluding carboxylic acids is 1. The predicted molar refractivity (Wildman–Crippen MR) is 75.3 cm³/mol. The fourth-order valence-corrected chi connectivity index (χ4v) is 1.99. The number of hydrogen-bond donors (Lipinski definition) is 0. The smallest absolute Gasteiger partial charge is 0.187 e. The third kappa shape index (κ3) is 3.25. The fraction of sp³-hybridized carbons (Fsp3) is 0.312. The molecular formula is C16H18N2O. The van der Waals surface area contributed by atoms with E-state index >= 15 is 0 Å². The van der Waals surface area contributed by atoms with Gasteiger partial charge in [0.25, 0.3) is 0 Å². The second kappa shape index (κ2) is 6.23. The van der Waals surface area contributed by atoms with Crippen LogP contribution >= 0.6 is 0 Å². The summed E-state index contributed by atoms with van der Waals surface area (Å²) >= 11 is 0. The monoisotopic (exact) mass is 254 g/mol. The Bertz CT molecular complexity index is 561. The molecule has 2 rings (SSSR count). The van der Waals surface area contributed by atoms with Crippen molar-refractivity contribution in [3.05, 3.63) is 59.2 Å². The molecule has 0 aliphatic carbocycles. The van der Waals surface area contributed by atoms with Gasteiger partial charge in [-0.1, -0.05) is 26.0 Å². The lowest BCUT2D eigenvalue weighted by Crippen LogP contribution is -2.10. The molecule has 0 aliphatic heterocycles. The van der Waals surface area contributed by atoms with Crippen molar-refractivity contribution in [3.63, 3.8) is 0 Å². The molecular weight excluding hydrogens is 236 g/mol. The van der Waals surface area contributed by atoms with Gasteiger partial charge in [0.1, 0.15) is 5.69 Å². The first-order valence-electron chi connectivity index (χ1n) is 6.65. The average molecular weight is 254 g/mol. The lowest BCUT2D eigenvalue weighted by atomic mass is 10.0. The lowest BCUT2D eigenvalue weighted by Gasteiger charge is -2.05. The first-order chi connectivity index (χ1) is 9.24. The van der Waals surface area contributed by atoms with Gasteiger partial charge in [0.15, 0.2) is 5.78 Å². The van der Waals surface area contributed by atoms with Crippen LogP contribution in [0.3, 0.4) is 0 Å². The van der Waals surface area contributed by atoms with Crippen LogP contribution in [0.15, 0.2) is 36.7 Å². The summed E-state index contributed by atoms with van der Waals surface area (Å²) in [5, 5.41) is 0. The summed E-state index contributed by atoms with van der Waals surface area (Å²) in [5.41, 5.74) is 3.56. The highest BCUT2D eigenvalue weighted by Gasteiger charge is 2.12. The van der Waals surface area contributed by atoms with Gasteiger partial charge in [-0.3, -0.25) is 14.8 Å². The molecule has 19 heavy (non-hydrogen) atoms.